The Balaban J connectivity index is 1.69. The molecule has 2 aromatic rings. The van der Waals surface area contributed by atoms with Gasteiger partial charge in [-0.3, -0.25) is 4.79 Å². The lowest BCUT2D eigenvalue weighted by molar-refractivity contribution is -0.157. The van der Waals surface area contributed by atoms with E-state index in [0.29, 0.717) is 17.1 Å². The van der Waals surface area contributed by atoms with Gasteiger partial charge in [0.05, 0.1) is 12.7 Å². The second-order valence-electron chi connectivity index (χ2n) is 7.25. The highest BCUT2D eigenvalue weighted by molar-refractivity contribution is 6.14. The number of esters is 1. The summed E-state index contributed by atoms with van der Waals surface area (Å²) >= 11 is 0. The number of ether oxygens (including phenoxy) is 4. The van der Waals surface area contributed by atoms with Crippen LogP contribution in [-0.2, 0) is 9.53 Å². The molecule has 0 aromatic heterocycles. The van der Waals surface area contributed by atoms with Crippen LogP contribution in [-0.4, -0.2) is 31.1 Å². The minimum absolute atomic E-state index is 0.204. The molecule has 1 heterocycles. The molecule has 0 saturated heterocycles. The number of fused-ring (bicyclic) bond motifs is 1. The SMILES string of the molecule is COc1ccc(/C=C2\Oc3cc(OCC(=O)OC(C)(C)C)ccc3C2=O)cc1. The first-order valence-corrected chi connectivity index (χ1v) is 8.82. The summed E-state index contributed by atoms with van der Waals surface area (Å²) < 4.78 is 21.5. The molecule has 1 aliphatic heterocycles. The quantitative estimate of drug-likeness (QED) is 0.574. The fourth-order valence-electron chi connectivity index (χ4n) is 2.62. The van der Waals surface area contributed by atoms with Gasteiger partial charge in [-0.05, 0) is 56.7 Å². The topological polar surface area (TPSA) is 71.1 Å². The van der Waals surface area contributed by atoms with Crippen LogP contribution in [0.2, 0.25) is 0 Å². The maximum absolute atomic E-state index is 12.5. The first kappa shape index (κ1) is 19.5. The molecule has 0 unspecified atom stereocenters. The maximum Gasteiger partial charge on any atom is 0.344 e. The molecule has 0 atom stereocenters. The number of rotatable bonds is 5. The molecule has 0 bridgehead atoms. The van der Waals surface area contributed by atoms with Crippen LogP contribution in [0, 0.1) is 0 Å². The van der Waals surface area contributed by atoms with E-state index in [2.05, 4.69) is 0 Å². The summed E-state index contributed by atoms with van der Waals surface area (Å²) in [6, 6.07) is 12.1. The van der Waals surface area contributed by atoms with Crippen LogP contribution in [0.1, 0.15) is 36.7 Å². The Labute approximate surface area is 163 Å². The molecule has 0 radical (unpaired) electrons. The molecule has 6 nitrogen and oxygen atoms in total. The van der Waals surface area contributed by atoms with E-state index in [9.17, 15) is 9.59 Å². The number of Topliss-reactive ketones (excluding diaryl/α,β-unsaturated/α-hetero) is 1. The summed E-state index contributed by atoms with van der Waals surface area (Å²) in [4.78, 5) is 24.3. The van der Waals surface area contributed by atoms with E-state index in [1.807, 2.05) is 24.3 Å². The van der Waals surface area contributed by atoms with Crippen molar-refractivity contribution in [3.05, 3.63) is 59.4 Å². The van der Waals surface area contributed by atoms with Crippen LogP contribution in [0.4, 0.5) is 0 Å². The number of ketones is 1. The fraction of sp³-hybridized carbons (Fsp3) is 0.273. The van der Waals surface area contributed by atoms with E-state index in [-0.39, 0.29) is 18.1 Å². The molecule has 0 N–H and O–H groups in total. The molecule has 2 aromatic carbocycles. The molecule has 0 amide bonds. The zero-order chi connectivity index (χ0) is 20.3. The Morgan fingerprint density at radius 3 is 2.39 bits per heavy atom. The van der Waals surface area contributed by atoms with E-state index >= 15 is 0 Å². The highest BCUT2D eigenvalue weighted by atomic mass is 16.6. The average molecular weight is 382 g/mol. The monoisotopic (exact) mass is 382 g/mol. The predicted molar refractivity (Wildman–Crippen MR) is 104 cm³/mol. The van der Waals surface area contributed by atoms with Crippen molar-refractivity contribution in [2.45, 2.75) is 26.4 Å². The third-order valence-corrected chi connectivity index (χ3v) is 3.83. The number of hydrogen-bond donors (Lipinski definition) is 0. The van der Waals surface area contributed by atoms with Gasteiger partial charge in [-0.1, -0.05) is 12.1 Å². The van der Waals surface area contributed by atoms with E-state index < -0.39 is 11.6 Å². The molecule has 0 aliphatic carbocycles. The van der Waals surface area contributed by atoms with Crippen LogP contribution in [0.15, 0.2) is 48.2 Å². The van der Waals surface area contributed by atoms with E-state index in [1.165, 1.54) is 0 Å². The van der Waals surface area contributed by atoms with E-state index in [0.717, 1.165) is 11.3 Å². The van der Waals surface area contributed by atoms with Gasteiger partial charge >= 0.3 is 5.97 Å². The Morgan fingerprint density at radius 1 is 1.07 bits per heavy atom. The molecule has 0 saturated carbocycles. The predicted octanol–water partition coefficient (Wildman–Crippen LogP) is 4.03. The van der Waals surface area contributed by atoms with Gasteiger partial charge in [0.2, 0.25) is 5.78 Å². The standard InChI is InChI=1S/C22H22O6/c1-22(2,3)28-20(23)13-26-16-9-10-17-18(12-16)27-19(21(17)24)11-14-5-7-15(25-4)8-6-14/h5-12H,13H2,1-4H3/b19-11-. The van der Waals surface area contributed by atoms with Crippen molar-refractivity contribution in [2.75, 3.05) is 13.7 Å². The largest absolute Gasteiger partial charge is 0.497 e. The normalized spacial score (nSPS) is 14.4. The lowest BCUT2D eigenvalue weighted by Gasteiger charge is -2.19. The summed E-state index contributed by atoms with van der Waals surface area (Å²) in [6.45, 7) is 5.14. The summed E-state index contributed by atoms with van der Waals surface area (Å²) in [7, 11) is 1.59. The van der Waals surface area contributed by atoms with Gasteiger partial charge in [0.25, 0.3) is 0 Å². The van der Waals surface area contributed by atoms with Gasteiger partial charge in [-0.25, -0.2) is 4.79 Å². The zero-order valence-electron chi connectivity index (χ0n) is 16.3. The lowest BCUT2D eigenvalue weighted by Crippen LogP contribution is -2.27. The summed E-state index contributed by atoms with van der Waals surface area (Å²) in [6.07, 6.45) is 1.67. The Morgan fingerprint density at radius 2 is 1.75 bits per heavy atom. The molecule has 1 aliphatic rings. The first-order valence-electron chi connectivity index (χ1n) is 8.82. The summed E-state index contributed by atoms with van der Waals surface area (Å²) in [5.74, 6) is 1.10. The van der Waals surface area contributed by atoms with Crippen molar-refractivity contribution in [2.24, 2.45) is 0 Å². The van der Waals surface area contributed by atoms with Gasteiger partial charge in [0.15, 0.2) is 12.4 Å². The van der Waals surface area contributed by atoms with E-state index in [1.54, 1.807) is 52.2 Å². The number of carbonyl (C=O) groups excluding carboxylic acids is 2. The summed E-state index contributed by atoms with van der Waals surface area (Å²) in [5, 5.41) is 0. The molecular formula is C22H22O6. The first-order chi connectivity index (χ1) is 13.2. The van der Waals surface area contributed by atoms with Gasteiger partial charge < -0.3 is 18.9 Å². The number of methoxy groups -OCH3 is 1. The van der Waals surface area contributed by atoms with Crippen molar-refractivity contribution in [1.29, 1.82) is 0 Å². The second kappa shape index (κ2) is 7.76. The van der Waals surface area contributed by atoms with E-state index in [4.69, 9.17) is 18.9 Å². The number of allylic oxidation sites excluding steroid dienone is 1. The lowest BCUT2D eigenvalue weighted by atomic mass is 10.1. The third kappa shape index (κ3) is 4.71. The Kier molecular flexibility index (Phi) is 5.40. The van der Waals surface area contributed by atoms with Crippen LogP contribution < -0.4 is 14.2 Å². The number of carbonyl (C=O) groups is 2. The third-order valence-electron chi connectivity index (χ3n) is 3.83. The summed E-state index contributed by atoms with van der Waals surface area (Å²) in [5.41, 5.74) is 0.692. The van der Waals surface area contributed by atoms with Crippen LogP contribution in [0.3, 0.4) is 0 Å². The Bertz CT molecular complexity index is 919. The van der Waals surface area contributed by atoms with Crippen molar-refractivity contribution in [3.63, 3.8) is 0 Å². The fourth-order valence-corrected chi connectivity index (χ4v) is 2.62. The maximum atomic E-state index is 12.5. The minimum atomic E-state index is -0.574. The van der Waals surface area contributed by atoms with Crippen molar-refractivity contribution in [3.8, 4) is 17.2 Å². The highest BCUT2D eigenvalue weighted by Crippen LogP contribution is 2.35. The highest BCUT2D eigenvalue weighted by Gasteiger charge is 2.28. The molecule has 146 valence electrons. The van der Waals surface area contributed by atoms with Crippen LogP contribution >= 0.6 is 0 Å². The molecule has 0 spiro atoms. The number of benzene rings is 2. The van der Waals surface area contributed by atoms with Gasteiger partial charge in [-0.15, -0.1) is 0 Å². The average Bonchev–Trinajstić information content (AvgIpc) is 2.94. The number of hydrogen-bond acceptors (Lipinski definition) is 6. The van der Waals surface area contributed by atoms with Crippen molar-refractivity contribution >= 4 is 17.8 Å². The van der Waals surface area contributed by atoms with Crippen LogP contribution in [0.25, 0.3) is 6.08 Å². The molecular weight excluding hydrogens is 360 g/mol. The molecule has 3 rings (SSSR count). The zero-order valence-corrected chi connectivity index (χ0v) is 16.3. The van der Waals surface area contributed by atoms with Crippen molar-refractivity contribution < 1.29 is 28.5 Å². The molecule has 6 heteroatoms. The van der Waals surface area contributed by atoms with Gasteiger partial charge in [0, 0.05) is 6.07 Å². The molecule has 0 fully saturated rings. The second-order valence-corrected chi connectivity index (χ2v) is 7.25. The smallest absolute Gasteiger partial charge is 0.344 e. The van der Waals surface area contributed by atoms with Gasteiger partial charge in [0.1, 0.15) is 22.8 Å². The molecule has 28 heavy (non-hydrogen) atoms. The van der Waals surface area contributed by atoms with Crippen LogP contribution in [0.5, 0.6) is 17.2 Å². The Hall–Kier alpha value is -3.28. The van der Waals surface area contributed by atoms with Gasteiger partial charge in [-0.2, -0.15) is 0 Å². The van der Waals surface area contributed by atoms with Crippen molar-refractivity contribution in [1.82, 2.24) is 0 Å². The minimum Gasteiger partial charge on any atom is -0.497 e.